The zero-order valence-electron chi connectivity index (χ0n) is 17.9. The molecule has 2 rings (SSSR count). The summed E-state index contributed by atoms with van der Waals surface area (Å²) in [6.45, 7) is 3.58. The maximum absolute atomic E-state index is 12.0. The summed E-state index contributed by atoms with van der Waals surface area (Å²) in [6, 6.07) is 15.5. The molecule has 4 nitrogen and oxygen atoms in total. The third kappa shape index (κ3) is 8.23. The van der Waals surface area contributed by atoms with Crippen LogP contribution < -0.4 is 0 Å². The Morgan fingerprint density at radius 1 is 0.867 bits per heavy atom. The lowest BCUT2D eigenvalue weighted by Crippen LogP contribution is -2.23. The van der Waals surface area contributed by atoms with E-state index in [9.17, 15) is 9.59 Å². The number of carbonyl (C=O) groups is 2. The summed E-state index contributed by atoms with van der Waals surface area (Å²) in [5.74, 6) is -0.642. The molecule has 0 spiro atoms. The Morgan fingerprint density at radius 2 is 1.40 bits per heavy atom. The Bertz CT molecular complexity index is 784. The lowest BCUT2D eigenvalue weighted by Gasteiger charge is -2.09. The van der Waals surface area contributed by atoms with Crippen LogP contribution in [-0.2, 0) is 9.53 Å². The zero-order chi connectivity index (χ0) is 21.8. The van der Waals surface area contributed by atoms with Crippen LogP contribution in [0.2, 0.25) is 0 Å². The van der Waals surface area contributed by atoms with Gasteiger partial charge in [-0.05, 0) is 54.5 Å². The first-order valence-electron chi connectivity index (χ1n) is 10.8. The Balaban J connectivity index is 1.79. The highest BCUT2D eigenvalue weighted by molar-refractivity contribution is 7.99. The number of benzene rings is 2. The third-order valence-electron chi connectivity index (χ3n) is 4.96. The summed E-state index contributed by atoms with van der Waals surface area (Å²) < 4.78 is 4.90. The predicted molar refractivity (Wildman–Crippen MR) is 123 cm³/mol. The number of ether oxygens (including phenoxy) is 1. The summed E-state index contributed by atoms with van der Waals surface area (Å²) in [5, 5.41) is 8.83. The molecule has 0 aliphatic rings. The summed E-state index contributed by atoms with van der Waals surface area (Å²) in [5.41, 5.74) is 2.42. The molecular weight excluding hydrogens is 396 g/mol. The van der Waals surface area contributed by atoms with Crippen molar-refractivity contribution in [2.75, 3.05) is 5.75 Å². The number of esters is 1. The highest BCUT2D eigenvalue weighted by Crippen LogP contribution is 2.25. The molecule has 0 amide bonds. The van der Waals surface area contributed by atoms with Crippen molar-refractivity contribution in [2.45, 2.75) is 69.8 Å². The van der Waals surface area contributed by atoms with E-state index in [0.29, 0.717) is 5.56 Å². The van der Waals surface area contributed by atoms with Crippen LogP contribution in [0, 0.1) is 0 Å². The Labute approximate surface area is 184 Å². The number of aliphatic carboxylic acids is 1. The lowest BCUT2D eigenvalue weighted by molar-refractivity contribution is -0.146. The fourth-order valence-electron chi connectivity index (χ4n) is 3.07. The van der Waals surface area contributed by atoms with Crippen molar-refractivity contribution in [3.05, 3.63) is 54.1 Å². The van der Waals surface area contributed by atoms with Gasteiger partial charge in [0.25, 0.3) is 0 Å². The number of unbranched alkanes of at least 4 members (excludes halogenated alkanes) is 6. The van der Waals surface area contributed by atoms with Crippen LogP contribution in [0.25, 0.3) is 11.1 Å². The van der Waals surface area contributed by atoms with Crippen molar-refractivity contribution in [3.63, 3.8) is 0 Å². The largest absolute Gasteiger partial charge is 0.479 e. The fraction of sp³-hybridized carbons (Fsp3) is 0.440. The monoisotopic (exact) mass is 428 g/mol. The van der Waals surface area contributed by atoms with E-state index in [1.807, 2.05) is 23.9 Å². The standard InChI is InChI=1S/C25H32O4S/c1-3-4-5-6-7-8-9-18-30-23-16-14-21(15-17-23)20-10-12-22(13-11-20)25(28)29-19(2)24(26)27/h10-17,19H,3-9,18H2,1-2H3,(H,26,27)/t19-/m0/s1. The number of rotatable bonds is 13. The smallest absolute Gasteiger partial charge is 0.344 e. The highest BCUT2D eigenvalue weighted by atomic mass is 32.2. The number of carbonyl (C=O) groups excluding carboxylic acids is 1. The van der Waals surface area contributed by atoms with Gasteiger partial charge in [0.05, 0.1) is 5.56 Å². The van der Waals surface area contributed by atoms with Crippen molar-refractivity contribution < 1.29 is 19.4 Å². The van der Waals surface area contributed by atoms with Crippen LogP contribution in [0.1, 0.15) is 69.2 Å². The molecule has 162 valence electrons. The van der Waals surface area contributed by atoms with Gasteiger partial charge in [0, 0.05) is 4.90 Å². The number of carboxylic acids is 1. The quantitative estimate of drug-likeness (QED) is 0.215. The maximum atomic E-state index is 12.0. The Kier molecular flexibility index (Phi) is 10.5. The first-order chi connectivity index (χ1) is 14.5. The van der Waals surface area contributed by atoms with Gasteiger partial charge in [-0.15, -0.1) is 11.8 Å². The predicted octanol–water partition coefficient (Wildman–Crippen LogP) is 6.83. The molecule has 2 aromatic carbocycles. The van der Waals surface area contributed by atoms with Gasteiger partial charge in [-0.2, -0.15) is 0 Å². The molecule has 0 aliphatic heterocycles. The summed E-state index contributed by atoms with van der Waals surface area (Å²) in [4.78, 5) is 24.0. The second-order valence-corrected chi connectivity index (χ2v) is 8.63. The molecule has 1 N–H and O–H groups in total. The Hall–Kier alpha value is -2.27. The molecule has 2 aromatic rings. The maximum Gasteiger partial charge on any atom is 0.344 e. The van der Waals surface area contributed by atoms with Gasteiger partial charge >= 0.3 is 11.9 Å². The van der Waals surface area contributed by atoms with Crippen LogP contribution in [0.5, 0.6) is 0 Å². The molecule has 0 aliphatic carbocycles. The van der Waals surface area contributed by atoms with E-state index >= 15 is 0 Å². The van der Waals surface area contributed by atoms with Gasteiger partial charge in [-0.3, -0.25) is 0 Å². The van der Waals surface area contributed by atoms with Crippen LogP contribution in [-0.4, -0.2) is 28.9 Å². The second-order valence-electron chi connectivity index (χ2n) is 7.46. The molecule has 0 saturated carbocycles. The lowest BCUT2D eigenvalue weighted by atomic mass is 10.0. The molecule has 0 fully saturated rings. The third-order valence-corrected chi connectivity index (χ3v) is 6.05. The molecule has 0 aromatic heterocycles. The van der Waals surface area contributed by atoms with E-state index in [1.165, 1.54) is 56.8 Å². The number of thioether (sulfide) groups is 1. The average molecular weight is 429 g/mol. The van der Waals surface area contributed by atoms with Crippen molar-refractivity contribution in [1.82, 2.24) is 0 Å². The van der Waals surface area contributed by atoms with Crippen molar-refractivity contribution in [3.8, 4) is 11.1 Å². The van der Waals surface area contributed by atoms with Gasteiger partial charge in [-0.1, -0.05) is 69.7 Å². The molecular formula is C25H32O4S. The molecule has 1 atom stereocenters. The van der Waals surface area contributed by atoms with E-state index in [1.54, 1.807) is 12.1 Å². The molecule has 0 saturated heterocycles. The molecule has 5 heteroatoms. The number of hydrogen-bond donors (Lipinski definition) is 1. The van der Waals surface area contributed by atoms with E-state index in [4.69, 9.17) is 9.84 Å². The molecule has 30 heavy (non-hydrogen) atoms. The normalized spacial score (nSPS) is 11.8. The number of hydrogen-bond acceptors (Lipinski definition) is 4. The fourth-order valence-corrected chi connectivity index (χ4v) is 3.98. The van der Waals surface area contributed by atoms with Gasteiger partial charge < -0.3 is 9.84 Å². The van der Waals surface area contributed by atoms with Gasteiger partial charge in [0.2, 0.25) is 0 Å². The number of carboxylic acid groups (broad SMARTS) is 1. The van der Waals surface area contributed by atoms with Crippen molar-refractivity contribution >= 4 is 23.7 Å². The van der Waals surface area contributed by atoms with Crippen LogP contribution in [0.15, 0.2) is 53.4 Å². The SMILES string of the molecule is CCCCCCCCCSc1ccc(-c2ccc(C(=O)O[C@@H](C)C(=O)O)cc2)cc1. The van der Waals surface area contributed by atoms with Crippen molar-refractivity contribution in [1.29, 1.82) is 0 Å². The topological polar surface area (TPSA) is 63.6 Å². The summed E-state index contributed by atoms with van der Waals surface area (Å²) in [7, 11) is 0. The van der Waals surface area contributed by atoms with Gasteiger partial charge in [0.15, 0.2) is 6.10 Å². The van der Waals surface area contributed by atoms with Crippen molar-refractivity contribution in [2.24, 2.45) is 0 Å². The van der Waals surface area contributed by atoms with E-state index in [2.05, 4.69) is 31.2 Å². The molecule has 0 radical (unpaired) electrons. The second kappa shape index (κ2) is 13.1. The minimum atomic E-state index is -1.16. The average Bonchev–Trinajstić information content (AvgIpc) is 2.76. The first-order valence-corrected chi connectivity index (χ1v) is 11.8. The van der Waals surface area contributed by atoms with Gasteiger partial charge in [0.1, 0.15) is 0 Å². The van der Waals surface area contributed by atoms with Crippen LogP contribution >= 0.6 is 11.8 Å². The summed E-state index contributed by atoms with van der Waals surface area (Å²) in [6.07, 6.45) is 8.15. The van der Waals surface area contributed by atoms with E-state index in [-0.39, 0.29) is 0 Å². The highest BCUT2D eigenvalue weighted by Gasteiger charge is 2.17. The van der Waals surface area contributed by atoms with Gasteiger partial charge in [-0.25, -0.2) is 9.59 Å². The van der Waals surface area contributed by atoms with E-state index in [0.717, 1.165) is 16.9 Å². The Morgan fingerprint density at radius 3 is 1.97 bits per heavy atom. The zero-order valence-corrected chi connectivity index (χ0v) is 18.7. The molecule has 0 heterocycles. The van der Waals surface area contributed by atoms with E-state index < -0.39 is 18.0 Å². The molecule has 0 bridgehead atoms. The first kappa shape index (κ1) is 24.0. The molecule has 0 unspecified atom stereocenters. The minimum Gasteiger partial charge on any atom is -0.479 e. The van der Waals surface area contributed by atoms with Crippen LogP contribution in [0.4, 0.5) is 0 Å². The van der Waals surface area contributed by atoms with Crippen LogP contribution in [0.3, 0.4) is 0 Å². The minimum absolute atomic E-state index is 0.341. The summed E-state index contributed by atoms with van der Waals surface area (Å²) >= 11 is 1.90.